The van der Waals surface area contributed by atoms with E-state index in [1.54, 1.807) is 30.7 Å². The highest BCUT2D eigenvalue weighted by Gasteiger charge is 2.31. The van der Waals surface area contributed by atoms with Gasteiger partial charge in [-0.3, -0.25) is 9.25 Å². The van der Waals surface area contributed by atoms with Crippen molar-refractivity contribution in [1.82, 2.24) is 19.3 Å². The molecule has 1 saturated carbocycles. The molecule has 3 rings (SSSR count). The van der Waals surface area contributed by atoms with Gasteiger partial charge in [0.1, 0.15) is 5.69 Å². The maximum absolute atomic E-state index is 13.6. The van der Waals surface area contributed by atoms with Crippen LogP contribution in [0, 0.1) is 0 Å². The molecular formula is C17H26F2N5OP. The monoisotopic (exact) mass is 385 g/mol. The lowest BCUT2D eigenvalue weighted by molar-refractivity contribution is 0.0974. The molecule has 2 heterocycles. The Morgan fingerprint density at radius 2 is 1.96 bits per heavy atom. The second-order valence-electron chi connectivity index (χ2n) is 6.92. The molecule has 0 spiro atoms. The van der Waals surface area contributed by atoms with Crippen LogP contribution in [-0.4, -0.2) is 24.9 Å². The first-order valence-electron chi connectivity index (χ1n) is 8.68. The summed E-state index contributed by atoms with van der Waals surface area (Å²) in [7, 11) is 1.47. The minimum Gasteiger partial charge on any atom is -0.324 e. The van der Waals surface area contributed by atoms with E-state index in [2.05, 4.69) is 10.1 Å². The molecule has 0 amide bonds. The Labute approximate surface area is 154 Å². The van der Waals surface area contributed by atoms with Crippen LogP contribution in [0.2, 0.25) is 0 Å². The van der Waals surface area contributed by atoms with E-state index in [9.17, 15) is 13.6 Å². The topological polar surface area (TPSA) is 78.7 Å². The van der Waals surface area contributed by atoms with E-state index in [0.717, 1.165) is 12.8 Å². The Bertz CT molecular complexity index is 816. The molecule has 1 unspecified atom stereocenters. The quantitative estimate of drug-likeness (QED) is 0.802. The zero-order valence-electron chi connectivity index (χ0n) is 15.5. The molecule has 0 bridgehead atoms. The molecular weight excluding hydrogens is 359 g/mol. The molecule has 1 aliphatic rings. The normalized spacial score (nSPS) is 14.8. The Balaban J connectivity index is 0.00000117. The molecule has 144 valence electrons. The summed E-state index contributed by atoms with van der Waals surface area (Å²) in [6, 6.07) is 3.11. The van der Waals surface area contributed by atoms with Crippen molar-refractivity contribution in [3.05, 3.63) is 34.5 Å². The summed E-state index contributed by atoms with van der Waals surface area (Å²) < 4.78 is 30.2. The van der Waals surface area contributed by atoms with Crippen molar-refractivity contribution in [2.24, 2.45) is 5.73 Å². The molecule has 1 atom stereocenters. The molecule has 6 nitrogen and oxygen atoms in total. The van der Waals surface area contributed by atoms with Gasteiger partial charge in [-0.15, -0.1) is 0 Å². The molecule has 26 heavy (non-hydrogen) atoms. The van der Waals surface area contributed by atoms with Gasteiger partial charge in [-0.25, -0.2) is 4.79 Å². The van der Waals surface area contributed by atoms with Crippen molar-refractivity contribution in [2.75, 3.05) is 0 Å². The Morgan fingerprint density at radius 1 is 1.35 bits per heavy atom. The fourth-order valence-corrected chi connectivity index (χ4v) is 2.62. The summed E-state index contributed by atoms with van der Waals surface area (Å²) in [6.45, 7) is 7.77. The molecule has 1 aliphatic carbocycles. The summed E-state index contributed by atoms with van der Waals surface area (Å²) in [5.74, 6) is 0. The summed E-state index contributed by atoms with van der Waals surface area (Å²) in [5, 5.41) is 3.96. The second kappa shape index (κ2) is 7.53. The number of hydrogen-bond donors (Lipinski definition) is 1. The average Bonchev–Trinajstić information content (AvgIpc) is 3.27. The lowest BCUT2D eigenvalue weighted by Gasteiger charge is -2.20. The van der Waals surface area contributed by atoms with Crippen LogP contribution in [0.3, 0.4) is 0 Å². The number of aromatic nitrogens is 4. The number of nitrogens with two attached hydrogens (primary N) is 1. The first kappa shape index (κ1) is 20.6. The predicted molar refractivity (Wildman–Crippen MR) is 101 cm³/mol. The van der Waals surface area contributed by atoms with E-state index in [0.29, 0.717) is 11.4 Å². The van der Waals surface area contributed by atoms with Gasteiger partial charge in [0.25, 0.3) is 0 Å². The minimum absolute atomic E-state index is 0.207. The van der Waals surface area contributed by atoms with E-state index in [1.165, 1.54) is 20.0 Å². The first-order valence-corrected chi connectivity index (χ1v) is 9.26. The smallest absolute Gasteiger partial charge is 0.324 e. The van der Waals surface area contributed by atoms with Gasteiger partial charge in [0, 0.05) is 17.8 Å². The van der Waals surface area contributed by atoms with Crippen LogP contribution in [0.15, 0.2) is 23.1 Å². The van der Waals surface area contributed by atoms with Crippen LogP contribution >= 0.6 is 9.24 Å². The second-order valence-corrected chi connectivity index (χ2v) is 7.64. The van der Waals surface area contributed by atoms with Crippen LogP contribution in [0.4, 0.5) is 8.78 Å². The molecule has 0 aromatic carbocycles. The van der Waals surface area contributed by atoms with Crippen molar-refractivity contribution in [2.45, 2.75) is 64.3 Å². The van der Waals surface area contributed by atoms with E-state index >= 15 is 0 Å². The number of alkyl halides is 2. The molecule has 0 radical (unpaired) electrons. The Morgan fingerprint density at radius 3 is 2.42 bits per heavy atom. The van der Waals surface area contributed by atoms with Crippen molar-refractivity contribution in [1.29, 1.82) is 0 Å². The largest absolute Gasteiger partial charge is 0.348 e. The summed E-state index contributed by atoms with van der Waals surface area (Å²) in [5.41, 5.74) is 2.06. The van der Waals surface area contributed by atoms with Gasteiger partial charge in [0.05, 0.1) is 17.9 Å². The van der Waals surface area contributed by atoms with Crippen molar-refractivity contribution >= 4 is 9.24 Å². The van der Waals surface area contributed by atoms with Crippen LogP contribution in [0.5, 0.6) is 0 Å². The SMILES string of the molecule is CC.CC(C)(N)Cn1nc(C(F)(F)P)cc1-c1ccn(C2CC2)c(=O)n1. The number of halogens is 2. The van der Waals surface area contributed by atoms with Gasteiger partial charge >= 0.3 is 11.4 Å². The zero-order valence-corrected chi connectivity index (χ0v) is 16.7. The highest BCUT2D eigenvalue weighted by Crippen LogP contribution is 2.36. The van der Waals surface area contributed by atoms with Crippen molar-refractivity contribution in [3.63, 3.8) is 0 Å². The number of rotatable bonds is 5. The van der Waals surface area contributed by atoms with Gasteiger partial charge in [-0.05, 0) is 38.8 Å². The van der Waals surface area contributed by atoms with Crippen molar-refractivity contribution in [3.8, 4) is 11.4 Å². The van der Waals surface area contributed by atoms with Gasteiger partial charge in [-0.1, -0.05) is 23.1 Å². The third kappa shape index (κ3) is 4.95. The molecule has 2 aromatic heterocycles. The van der Waals surface area contributed by atoms with E-state index in [-0.39, 0.29) is 18.3 Å². The Hall–Kier alpha value is -1.66. The van der Waals surface area contributed by atoms with Crippen molar-refractivity contribution < 1.29 is 8.78 Å². The maximum atomic E-state index is 13.6. The van der Waals surface area contributed by atoms with Gasteiger partial charge in [-0.2, -0.15) is 18.9 Å². The van der Waals surface area contributed by atoms with E-state index in [4.69, 9.17) is 5.73 Å². The third-order valence-corrected chi connectivity index (χ3v) is 4.01. The summed E-state index contributed by atoms with van der Waals surface area (Å²) in [4.78, 5) is 16.2. The molecule has 9 heteroatoms. The van der Waals surface area contributed by atoms with Gasteiger partial charge in [0.2, 0.25) is 0 Å². The fraction of sp³-hybridized carbons (Fsp3) is 0.588. The predicted octanol–water partition coefficient (Wildman–Crippen LogP) is 3.13. The van der Waals surface area contributed by atoms with Crippen LogP contribution in [0.1, 0.15) is 52.3 Å². The number of hydrogen-bond acceptors (Lipinski definition) is 4. The molecule has 0 saturated heterocycles. The minimum atomic E-state index is -3.16. The first-order chi connectivity index (χ1) is 12.0. The number of nitrogens with zero attached hydrogens (tertiary/aromatic N) is 4. The summed E-state index contributed by atoms with van der Waals surface area (Å²) in [6.07, 6.45) is 3.58. The molecule has 2 N–H and O–H groups in total. The highest BCUT2D eigenvalue weighted by molar-refractivity contribution is 7.17. The summed E-state index contributed by atoms with van der Waals surface area (Å²) >= 11 is 0. The maximum Gasteiger partial charge on any atom is 0.348 e. The van der Waals surface area contributed by atoms with Crippen LogP contribution < -0.4 is 11.4 Å². The molecule has 2 aromatic rings. The Kier molecular flexibility index (Phi) is 5.98. The molecule has 1 fully saturated rings. The van der Waals surface area contributed by atoms with Crippen LogP contribution in [-0.2, 0) is 12.2 Å². The average molecular weight is 385 g/mol. The van der Waals surface area contributed by atoms with E-state index < -0.39 is 16.9 Å². The standard InChI is InChI=1S/C15H20F2N5OP.C2H6/c1-14(2,18)8-22-11(7-12(20-22)15(16,17)24)10-5-6-21(9-3-4-9)13(23)19-10;1-2/h5-7,9H,3-4,8,18,24H2,1-2H3;1-2H3. The van der Waals surface area contributed by atoms with Gasteiger partial charge in [0.15, 0.2) is 0 Å². The highest BCUT2D eigenvalue weighted by atomic mass is 31.0. The molecule has 0 aliphatic heterocycles. The van der Waals surface area contributed by atoms with E-state index in [1.807, 2.05) is 13.8 Å². The van der Waals surface area contributed by atoms with Gasteiger partial charge < -0.3 is 5.73 Å². The lowest BCUT2D eigenvalue weighted by atomic mass is 10.1. The lowest BCUT2D eigenvalue weighted by Crippen LogP contribution is -2.37. The third-order valence-electron chi connectivity index (χ3n) is 3.71. The zero-order chi connectivity index (χ0) is 19.7. The van der Waals surface area contributed by atoms with Crippen LogP contribution in [0.25, 0.3) is 11.4 Å². The fourth-order valence-electron chi connectivity index (χ4n) is 2.48.